The summed E-state index contributed by atoms with van der Waals surface area (Å²) in [4.78, 5) is 4.36. The first-order chi connectivity index (χ1) is 7.75. The lowest BCUT2D eigenvalue weighted by Crippen LogP contribution is -2.23. The summed E-state index contributed by atoms with van der Waals surface area (Å²) in [6, 6.07) is 2.08. The molecule has 1 aromatic rings. The lowest BCUT2D eigenvalue weighted by molar-refractivity contribution is 0.697. The molecule has 0 aliphatic carbocycles. The van der Waals surface area contributed by atoms with Crippen LogP contribution in [0.15, 0.2) is 28.4 Å². The SMILES string of the molecule is Cc1cnc(NCC2=CCNCC2)c(Br)c1. The molecule has 0 amide bonds. The van der Waals surface area contributed by atoms with Gasteiger partial charge in [0.15, 0.2) is 0 Å². The minimum atomic E-state index is 0.885. The Morgan fingerprint density at radius 3 is 3.12 bits per heavy atom. The van der Waals surface area contributed by atoms with E-state index in [2.05, 4.69) is 43.7 Å². The maximum absolute atomic E-state index is 4.36. The molecule has 0 spiro atoms. The van der Waals surface area contributed by atoms with E-state index in [9.17, 15) is 0 Å². The number of anilines is 1. The van der Waals surface area contributed by atoms with Crippen LogP contribution in [0.5, 0.6) is 0 Å². The highest BCUT2D eigenvalue weighted by Crippen LogP contribution is 2.20. The van der Waals surface area contributed by atoms with Crippen molar-refractivity contribution in [2.75, 3.05) is 25.0 Å². The van der Waals surface area contributed by atoms with E-state index in [4.69, 9.17) is 0 Å². The van der Waals surface area contributed by atoms with Gasteiger partial charge in [0.25, 0.3) is 0 Å². The molecule has 1 aromatic heterocycles. The minimum Gasteiger partial charge on any atom is -0.365 e. The Labute approximate surface area is 104 Å². The topological polar surface area (TPSA) is 37.0 Å². The molecule has 0 atom stereocenters. The number of rotatable bonds is 3. The van der Waals surface area contributed by atoms with Crippen molar-refractivity contribution in [2.45, 2.75) is 13.3 Å². The molecule has 1 aliphatic rings. The summed E-state index contributed by atoms with van der Waals surface area (Å²) in [5.41, 5.74) is 2.62. The van der Waals surface area contributed by atoms with E-state index in [0.717, 1.165) is 36.3 Å². The van der Waals surface area contributed by atoms with Crippen LogP contribution >= 0.6 is 15.9 Å². The third-order valence-corrected chi connectivity index (χ3v) is 3.22. The fraction of sp³-hybridized carbons (Fsp3) is 0.417. The van der Waals surface area contributed by atoms with E-state index in [0.29, 0.717) is 0 Å². The molecule has 2 rings (SSSR count). The van der Waals surface area contributed by atoms with Crippen LogP contribution in [0, 0.1) is 6.92 Å². The maximum atomic E-state index is 4.36. The molecule has 0 radical (unpaired) electrons. The van der Waals surface area contributed by atoms with E-state index in [1.807, 2.05) is 13.1 Å². The van der Waals surface area contributed by atoms with Crippen LogP contribution in [0.1, 0.15) is 12.0 Å². The molecular formula is C12H16BrN3. The van der Waals surface area contributed by atoms with Gasteiger partial charge in [-0.25, -0.2) is 4.98 Å². The van der Waals surface area contributed by atoms with Gasteiger partial charge in [-0.05, 0) is 47.4 Å². The molecule has 0 bridgehead atoms. The number of aromatic nitrogens is 1. The number of hydrogen-bond donors (Lipinski definition) is 2. The van der Waals surface area contributed by atoms with E-state index >= 15 is 0 Å². The molecule has 16 heavy (non-hydrogen) atoms. The second-order valence-electron chi connectivity index (χ2n) is 4.01. The summed E-state index contributed by atoms with van der Waals surface area (Å²) in [5, 5.41) is 6.66. The Morgan fingerprint density at radius 2 is 2.44 bits per heavy atom. The van der Waals surface area contributed by atoms with Gasteiger partial charge in [0.2, 0.25) is 0 Å². The molecule has 0 fully saturated rings. The van der Waals surface area contributed by atoms with Gasteiger partial charge in [-0.2, -0.15) is 0 Å². The number of pyridine rings is 1. The second kappa shape index (κ2) is 5.46. The van der Waals surface area contributed by atoms with Crippen LogP contribution < -0.4 is 10.6 Å². The maximum Gasteiger partial charge on any atom is 0.140 e. The van der Waals surface area contributed by atoms with Gasteiger partial charge in [-0.3, -0.25) is 0 Å². The van der Waals surface area contributed by atoms with Crippen molar-refractivity contribution in [3.8, 4) is 0 Å². The summed E-state index contributed by atoms with van der Waals surface area (Å²) in [7, 11) is 0. The molecule has 0 aromatic carbocycles. The fourth-order valence-corrected chi connectivity index (χ4v) is 2.29. The number of aryl methyl sites for hydroxylation is 1. The van der Waals surface area contributed by atoms with E-state index in [-0.39, 0.29) is 0 Å². The van der Waals surface area contributed by atoms with Crippen LogP contribution in [0.25, 0.3) is 0 Å². The molecule has 0 unspecified atom stereocenters. The van der Waals surface area contributed by atoms with Gasteiger partial charge in [0.05, 0.1) is 4.47 Å². The highest BCUT2D eigenvalue weighted by Gasteiger charge is 2.05. The zero-order valence-electron chi connectivity index (χ0n) is 9.39. The average Bonchev–Trinajstić information content (AvgIpc) is 2.29. The normalized spacial score (nSPS) is 15.8. The van der Waals surface area contributed by atoms with Crippen molar-refractivity contribution in [3.63, 3.8) is 0 Å². The molecular weight excluding hydrogens is 266 g/mol. The molecule has 0 saturated carbocycles. The zero-order valence-corrected chi connectivity index (χ0v) is 11.0. The first-order valence-corrected chi connectivity index (χ1v) is 6.29. The van der Waals surface area contributed by atoms with Crippen molar-refractivity contribution in [1.29, 1.82) is 0 Å². The predicted molar refractivity (Wildman–Crippen MR) is 70.7 cm³/mol. The van der Waals surface area contributed by atoms with E-state index in [1.54, 1.807) is 0 Å². The first kappa shape index (κ1) is 11.6. The van der Waals surface area contributed by atoms with Gasteiger partial charge in [-0.1, -0.05) is 11.6 Å². The second-order valence-corrected chi connectivity index (χ2v) is 4.87. The first-order valence-electron chi connectivity index (χ1n) is 5.50. The quantitative estimate of drug-likeness (QED) is 0.836. The Bertz CT molecular complexity index is 401. The molecule has 4 heteroatoms. The van der Waals surface area contributed by atoms with Crippen molar-refractivity contribution < 1.29 is 0 Å². The zero-order chi connectivity index (χ0) is 11.4. The predicted octanol–water partition coefficient (Wildman–Crippen LogP) is 2.48. The van der Waals surface area contributed by atoms with Crippen molar-refractivity contribution in [1.82, 2.24) is 10.3 Å². The number of nitrogens with zero attached hydrogens (tertiary/aromatic N) is 1. The smallest absolute Gasteiger partial charge is 0.140 e. The molecule has 86 valence electrons. The third-order valence-electron chi connectivity index (χ3n) is 2.62. The van der Waals surface area contributed by atoms with Crippen molar-refractivity contribution in [3.05, 3.63) is 33.9 Å². The van der Waals surface area contributed by atoms with Crippen molar-refractivity contribution >= 4 is 21.7 Å². The van der Waals surface area contributed by atoms with Crippen molar-refractivity contribution in [2.24, 2.45) is 0 Å². The van der Waals surface area contributed by atoms with Gasteiger partial charge in [0.1, 0.15) is 5.82 Å². The van der Waals surface area contributed by atoms with Gasteiger partial charge in [0, 0.05) is 19.3 Å². The van der Waals surface area contributed by atoms with Crippen LogP contribution in [0.4, 0.5) is 5.82 Å². The van der Waals surface area contributed by atoms with Crippen LogP contribution in [-0.2, 0) is 0 Å². The molecule has 1 aliphatic heterocycles. The van der Waals surface area contributed by atoms with Crippen LogP contribution in [-0.4, -0.2) is 24.6 Å². The largest absolute Gasteiger partial charge is 0.365 e. The Hall–Kier alpha value is -0.870. The third kappa shape index (κ3) is 3.06. The molecule has 3 nitrogen and oxygen atoms in total. The standard InChI is InChI=1S/C12H16BrN3/c1-9-6-11(13)12(15-7-9)16-8-10-2-4-14-5-3-10/h2,6-7,14H,3-5,8H2,1H3,(H,15,16). The molecule has 0 saturated heterocycles. The minimum absolute atomic E-state index is 0.885. The Kier molecular flexibility index (Phi) is 3.96. The van der Waals surface area contributed by atoms with Gasteiger partial charge in [-0.15, -0.1) is 0 Å². The number of halogens is 1. The van der Waals surface area contributed by atoms with E-state index < -0.39 is 0 Å². The summed E-state index contributed by atoms with van der Waals surface area (Å²) in [5.74, 6) is 0.921. The van der Waals surface area contributed by atoms with Gasteiger partial charge < -0.3 is 10.6 Å². The molecule has 2 N–H and O–H groups in total. The Balaban J connectivity index is 1.96. The number of hydrogen-bond acceptors (Lipinski definition) is 3. The highest BCUT2D eigenvalue weighted by atomic mass is 79.9. The summed E-state index contributed by atoms with van der Waals surface area (Å²) >= 11 is 3.52. The average molecular weight is 282 g/mol. The summed E-state index contributed by atoms with van der Waals surface area (Å²) in [6.45, 7) is 4.99. The van der Waals surface area contributed by atoms with E-state index in [1.165, 1.54) is 11.1 Å². The monoisotopic (exact) mass is 281 g/mol. The summed E-state index contributed by atoms with van der Waals surface area (Å²) in [6.07, 6.45) is 5.25. The lowest BCUT2D eigenvalue weighted by Gasteiger charge is -2.15. The lowest BCUT2D eigenvalue weighted by atomic mass is 10.1. The fourth-order valence-electron chi connectivity index (χ4n) is 1.69. The number of nitrogens with one attached hydrogen (secondary N) is 2. The van der Waals surface area contributed by atoms with Crippen LogP contribution in [0.3, 0.4) is 0 Å². The van der Waals surface area contributed by atoms with Crippen LogP contribution in [0.2, 0.25) is 0 Å². The highest BCUT2D eigenvalue weighted by molar-refractivity contribution is 9.10. The van der Waals surface area contributed by atoms with Gasteiger partial charge >= 0.3 is 0 Å². The Morgan fingerprint density at radius 1 is 1.56 bits per heavy atom. The summed E-state index contributed by atoms with van der Waals surface area (Å²) < 4.78 is 1.03. The molecule has 2 heterocycles.